The molecule has 2 bridgehead atoms. The third-order valence-corrected chi connectivity index (χ3v) is 10.5. The van der Waals surface area contributed by atoms with E-state index in [1.54, 1.807) is 12.1 Å². The Morgan fingerprint density at radius 2 is 1.85 bits per heavy atom. The predicted octanol–water partition coefficient (Wildman–Crippen LogP) is 5.00. The molecule has 6 nitrogen and oxygen atoms in total. The zero-order valence-electron chi connectivity index (χ0n) is 23.5. The van der Waals surface area contributed by atoms with E-state index < -0.39 is 22.5 Å². The van der Waals surface area contributed by atoms with Crippen molar-refractivity contribution in [3.63, 3.8) is 0 Å². The first-order valence-corrected chi connectivity index (χ1v) is 14.3. The molecule has 4 N–H and O–H groups in total. The number of carbonyl (C=O) groups is 1. The van der Waals surface area contributed by atoms with E-state index in [1.165, 1.54) is 7.11 Å². The van der Waals surface area contributed by atoms with Gasteiger partial charge in [-0.1, -0.05) is 56.2 Å². The lowest BCUT2D eigenvalue weighted by atomic mass is 9.52. The first-order chi connectivity index (χ1) is 18.7. The topological polar surface area (TPSA) is 99.0 Å². The smallest absolute Gasteiger partial charge is 0.185 e. The van der Waals surface area contributed by atoms with Crippen molar-refractivity contribution in [2.45, 2.75) is 64.2 Å². The van der Waals surface area contributed by atoms with Crippen molar-refractivity contribution < 1.29 is 24.9 Å². The molecular formula is C33H43NO5. The first kappa shape index (κ1) is 28.0. The summed E-state index contributed by atoms with van der Waals surface area (Å²) < 4.78 is 5.87. The van der Waals surface area contributed by atoms with E-state index in [1.807, 2.05) is 25.2 Å². The average molecular weight is 534 g/mol. The van der Waals surface area contributed by atoms with Gasteiger partial charge < -0.3 is 25.4 Å². The van der Waals surface area contributed by atoms with E-state index in [4.69, 9.17) is 4.74 Å². The lowest BCUT2D eigenvalue weighted by molar-refractivity contribution is -0.258. The molecule has 39 heavy (non-hydrogen) atoms. The van der Waals surface area contributed by atoms with Gasteiger partial charge in [-0.05, 0) is 85.0 Å². The van der Waals surface area contributed by atoms with Crippen molar-refractivity contribution in [3.05, 3.63) is 65.7 Å². The molecule has 0 unspecified atom stereocenters. The average Bonchev–Trinajstić information content (AvgIpc) is 3.60. The van der Waals surface area contributed by atoms with Crippen LogP contribution in [0.3, 0.4) is 0 Å². The highest BCUT2D eigenvalue weighted by molar-refractivity contribution is 5.90. The molecule has 0 heterocycles. The van der Waals surface area contributed by atoms with Gasteiger partial charge in [0.15, 0.2) is 5.79 Å². The Morgan fingerprint density at radius 1 is 1.13 bits per heavy atom. The molecule has 210 valence electrons. The Hall–Kier alpha value is -2.51. The second kappa shape index (κ2) is 10.5. The fraction of sp³-hybridized carbons (Fsp3) is 0.545. The normalized spacial score (nSPS) is 32.3. The zero-order valence-corrected chi connectivity index (χ0v) is 23.5. The van der Waals surface area contributed by atoms with Crippen molar-refractivity contribution in [2.24, 2.45) is 28.6 Å². The van der Waals surface area contributed by atoms with E-state index in [2.05, 4.69) is 31.0 Å². The predicted molar refractivity (Wildman–Crippen MR) is 152 cm³/mol. The molecule has 0 radical (unpaired) electrons. The number of ether oxygens (including phenoxy) is 1. The summed E-state index contributed by atoms with van der Waals surface area (Å²) in [5.74, 6) is -1.89. The van der Waals surface area contributed by atoms with Crippen LogP contribution in [0, 0.1) is 28.6 Å². The van der Waals surface area contributed by atoms with Gasteiger partial charge in [-0.15, -0.1) is 0 Å². The summed E-state index contributed by atoms with van der Waals surface area (Å²) in [6, 6.07) is 13.7. The summed E-state index contributed by atoms with van der Waals surface area (Å²) >= 11 is 0. The fourth-order valence-corrected chi connectivity index (χ4v) is 8.66. The van der Waals surface area contributed by atoms with E-state index in [9.17, 15) is 20.1 Å². The number of aryl methyl sites for hydroxylation is 1. The number of carbonyl (C=O) groups excluding carboxylic acids is 1. The van der Waals surface area contributed by atoms with Crippen molar-refractivity contribution in [2.75, 3.05) is 20.8 Å². The van der Waals surface area contributed by atoms with E-state index in [-0.39, 0.29) is 36.4 Å². The largest absolute Gasteiger partial charge is 0.508 e. The van der Waals surface area contributed by atoms with E-state index in [0.29, 0.717) is 19.4 Å². The Bertz CT molecular complexity index is 1250. The Balaban J connectivity index is 1.46. The molecule has 0 amide bonds. The van der Waals surface area contributed by atoms with Crippen molar-refractivity contribution in [1.29, 1.82) is 0 Å². The van der Waals surface area contributed by atoms with Crippen LogP contribution in [0.5, 0.6) is 5.75 Å². The molecule has 3 aliphatic carbocycles. The SMILES string of the molecule is C=C1[C@H]2[C@@H](CO)C[C@@](C(=O)CCc3cccc(-c4cc(O)cc(CNC)c4)c3)([C@]1(C)C1CCCC1)[C@]2(O)OC. The van der Waals surface area contributed by atoms with Gasteiger partial charge in [0.2, 0.25) is 0 Å². The number of ketones is 1. The molecule has 5 rings (SSSR count). The highest BCUT2D eigenvalue weighted by atomic mass is 16.6. The Morgan fingerprint density at radius 3 is 2.51 bits per heavy atom. The van der Waals surface area contributed by atoms with Crippen LogP contribution in [-0.4, -0.2) is 47.7 Å². The van der Waals surface area contributed by atoms with Gasteiger partial charge in [0, 0.05) is 38.0 Å². The summed E-state index contributed by atoms with van der Waals surface area (Å²) in [6.07, 6.45) is 5.48. The third-order valence-electron chi connectivity index (χ3n) is 10.5. The molecule has 2 aromatic rings. The molecule has 5 atom stereocenters. The van der Waals surface area contributed by atoms with E-state index >= 15 is 0 Å². The Kier molecular flexibility index (Phi) is 7.53. The van der Waals surface area contributed by atoms with Crippen LogP contribution >= 0.6 is 0 Å². The number of fused-ring (bicyclic) bond motifs is 2. The van der Waals surface area contributed by atoms with Crippen LogP contribution in [0.1, 0.15) is 56.6 Å². The lowest BCUT2D eigenvalue weighted by Gasteiger charge is -2.51. The van der Waals surface area contributed by atoms with Gasteiger partial charge in [-0.3, -0.25) is 4.79 Å². The van der Waals surface area contributed by atoms with Crippen molar-refractivity contribution in [3.8, 4) is 16.9 Å². The number of rotatable bonds is 10. The van der Waals surface area contributed by atoms with Crippen molar-refractivity contribution >= 4 is 5.78 Å². The van der Waals surface area contributed by atoms with Gasteiger partial charge in [0.1, 0.15) is 11.5 Å². The third kappa shape index (κ3) is 4.10. The highest BCUT2D eigenvalue weighted by Gasteiger charge is 2.81. The summed E-state index contributed by atoms with van der Waals surface area (Å²) in [4.78, 5) is 14.5. The van der Waals surface area contributed by atoms with Gasteiger partial charge in [0.25, 0.3) is 0 Å². The molecule has 0 spiro atoms. The Labute approximate surface area is 232 Å². The number of benzene rings is 2. The van der Waals surface area contributed by atoms with Gasteiger partial charge in [-0.2, -0.15) is 0 Å². The minimum atomic E-state index is -1.67. The van der Waals surface area contributed by atoms with Gasteiger partial charge >= 0.3 is 0 Å². The molecule has 3 fully saturated rings. The van der Waals surface area contributed by atoms with Crippen LogP contribution in [0.15, 0.2) is 54.6 Å². The molecule has 0 aliphatic heterocycles. The molecule has 3 aliphatic rings. The second-order valence-electron chi connectivity index (χ2n) is 12.2. The molecular weight excluding hydrogens is 490 g/mol. The van der Waals surface area contributed by atoms with Gasteiger partial charge in [-0.25, -0.2) is 0 Å². The number of phenols is 1. The van der Waals surface area contributed by atoms with Crippen LogP contribution in [-0.2, 0) is 22.5 Å². The number of hydrogen-bond acceptors (Lipinski definition) is 6. The minimum absolute atomic E-state index is 0.0000787. The molecule has 3 saturated carbocycles. The maximum Gasteiger partial charge on any atom is 0.185 e. The number of Topliss-reactive ketones (excluding diaryl/α,β-unsaturated/α-hetero) is 1. The first-order valence-electron chi connectivity index (χ1n) is 14.3. The van der Waals surface area contributed by atoms with Crippen molar-refractivity contribution in [1.82, 2.24) is 5.32 Å². The molecule has 0 saturated heterocycles. The maximum atomic E-state index is 14.5. The highest BCUT2D eigenvalue weighted by Crippen LogP contribution is 2.77. The number of hydrogen-bond donors (Lipinski definition) is 4. The number of nitrogens with one attached hydrogen (secondary N) is 1. The zero-order chi connectivity index (χ0) is 28.0. The standard InChI is InChI=1S/C33H43NO5/c1-21-30-26(20-35)18-32(33(30,38)39-4,31(21,2)27-10-5-6-11-27)29(37)13-12-22-8-7-9-24(14-22)25-15-23(19-34-3)16-28(36)17-25/h7-9,14-17,26-27,30,34-36,38H,1,5-6,10-13,18-20H2,2-4H3/t26-,30+,31+,32-,33-/m1/s1. The lowest BCUT2D eigenvalue weighted by Crippen LogP contribution is -2.57. The summed E-state index contributed by atoms with van der Waals surface area (Å²) in [7, 11) is 3.36. The molecule has 2 aromatic carbocycles. The van der Waals surface area contributed by atoms with Crippen LogP contribution in [0.2, 0.25) is 0 Å². The number of aromatic hydroxyl groups is 1. The van der Waals surface area contributed by atoms with Crippen LogP contribution in [0.25, 0.3) is 11.1 Å². The second-order valence-corrected chi connectivity index (χ2v) is 12.2. The molecule has 0 aromatic heterocycles. The number of phenolic OH excluding ortho intramolecular Hbond substituents is 1. The quantitative estimate of drug-likeness (QED) is 0.254. The maximum absolute atomic E-state index is 14.5. The minimum Gasteiger partial charge on any atom is -0.508 e. The number of methoxy groups -OCH3 is 1. The number of aliphatic hydroxyl groups is 2. The summed E-state index contributed by atoms with van der Waals surface area (Å²) in [5, 5.41) is 35.7. The van der Waals surface area contributed by atoms with Gasteiger partial charge in [0.05, 0.1) is 5.41 Å². The summed E-state index contributed by atoms with van der Waals surface area (Å²) in [6.45, 7) is 7.15. The van der Waals surface area contributed by atoms with Crippen LogP contribution in [0.4, 0.5) is 0 Å². The fourth-order valence-electron chi connectivity index (χ4n) is 8.66. The summed E-state index contributed by atoms with van der Waals surface area (Å²) in [5.41, 5.74) is 3.08. The van der Waals surface area contributed by atoms with Crippen LogP contribution < -0.4 is 5.32 Å². The van der Waals surface area contributed by atoms with E-state index in [0.717, 1.165) is 53.5 Å². The number of aliphatic hydroxyl groups excluding tert-OH is 1. The monoisotopic (exact) mass is 533 g/mol. The molecule has 6 heteroatoms.